The molecule has 1 unspecified atom stereocenters. The van der Waals surface area contributed by atoms with Crippen LogP contribution in [0.15, 0.2) is 40.5 Å². The number of rotatable bonds is 4. The topological polar surface area (TPSA) is 20.2 Å². The first kappa shape index (κ1) is 13.7. The Labute approximate surface area is 107 Å². The predicted octanol–water partition coefficient (Wildman–Crippen LogP) is 4.31. The molecule has 1 N–H and O–H groups in total. The summed E-state index contributed by atoms with van der Waals surface area (Å²) in [4.78, 5) is 0. The molecule has 0 aromatic heterocycles. The molecule has 16 heavy (non-hydrogen) atoms. The smallest absolute Gasteiger partial charge is 0.0834 e. The molecule has 1 nitrogen and oxygen atoms in total. The van der Waals surface area contributed by atoms with E-state index in [0.717, 1.165) is 10.0 Å². The molecule has 1 rings (SSSR count). The van der Waals surface area contributed by atoms with Gasteiger partial charge in [-0.05, 0) is 18.1 Å². The molecule has 0 spiro atoms. The van der Waals surface area contributed by atoms with E-state index >= 15 is 0 Å². The molecule has 3 heteroatoms. The van der Waals surface area contributed by atoms with E-state index in [2.05, 4.69) is 42.1 Å². The highest BCUT2D eigenvalue weighted by atomic mass is 79.9. The zero-order valence-electron chi connectivity index (χ0n) is 10.1. The van der Waals surface area contributed by atoms with Crippen LogP contribution < -0.4 is 0 Å². The minimum Gasteiger partial charge on any atom is -0.388 e. The molecule has 0 saturated heterocycles. The van der Waals surface area contributed by atoms with E-state index in [-0.39, 0.29) is 0 Å². The van der Waals surface area contributed by atoms with Gasteiger partial charge in [0.25, 0.3) is 0 Å². The first-order chi connectivity index (χ1) is 7.32. The summed E-state index contributed by atoms with van der Waals surface area (Å²) in [5, 5.41) is 11.4. The van der Waals surface area contributed by atoms with Crippen LogP contribution in [-0.4, -0.2) is 13.2 Å². The maximum absolute atomic E-state index is 10.2. The molecule has 0 amide bonds. The molecule has 1 aromatic carbocycles. The molecule has 88 valence electrons. The average molecular weight is 299 g/mol. The van der Waals surface area contributed by atoms with Crippen LogP contribution in [0.1, 0.15) is 18.1 Å². The molecule has 0 heterocycles. The van der Waals surface area contributed by atoms with Crippen molar-refractivity contribution in [2.45, 2.75) is 32.2 Å². The fourth-order valence-electron chi connectivity index (χ4n) is 1.39. The first-order valence-electron chi connectivity index (χ1n) is 5.43. The molecule has 0 fully saturated rings. The fraction of sp³-hybridized carbons (Fsp3) is 0.385. The van der Waals surface area contributed by atoms with E-state index in [1.54, 1.807) is 0 Å². The van der Waals surface area contributed by atoms with Crippen LogP contribution in [0.3, 0.4) is 0 Å². The van der Waals surface area contributed by atoms with E-state index in [4.69, 9.17) is 0 Å². The van der Waals surface area contributed by atoms with Crippen molar-refractivity contribution in [1.82, 2.24) is 0 Å². The highest BCUT2D eigenvalue weighted by Gasteiger charge is 2.21. The zero-order valence-corrected chi connectivity index (χ0v) is 12.7. The van der Waals surface area contributed by atoms with Crippen LogP contribution in [0.5, 0.6) is 0 Å². The Morgan fingerprint density at radius 1 is 1.38 bits per heavy atom. The normalized spacial score (nSPS) is 13.6. The summed E-state index contributed by atoms with van der Waals surface area (Å²) in [6, 6.07) is 7.80. The maximum Gasteiger partial charge on any atom is 0.0834 e. The number of hydrogen-bond acceptors (Lipinski definition) is 1. The lowest BCUT2D eigenvalue weighted by Crippen LogP contribution is -2.24. The molecule has 0 bridgehead atoms. The summed E-state index contributed by atoms with van der Waals surface area (Å²) < 4.78 is 0.964. The quantitative estimate of drug-likeness (QED) is 0.822. The average Bonchev–Trinajstić information content (AvgIpc) is 2.16. The van der Waals surface area contributed by atoms with Gasteiger partial charge < -0.3 is 5.11 Å². The van der Waals surface area contributed by atoms with Gasteiger partial charge in [0, 0.05) is 4.47 Å². The summed E-state index contributed by atoms with van der Waals surface area (Å²) in [6.45, 7) is 10.9. The first-order valence-corrected chi connectivity index (χ1v) is 9.72. The van der Waals surface area contributed by atoms with Crippen molar-refractivity contribution in [2.75, 3.05) is 0 Å². The van der Waals surface area contributed by atoms with Crippen molar-refractivity contribution >= 4 is 24.0 Å². The Kier molecular flexibility index (Phi) is 4.53. The van der Waals surface area contributed by atoms with Gasteiger partial charge in [0.2, 0.25) is 0 Å². The van der Waals surface area contributed by atoms with Crippen LogP contribution in [0.4, 0.5) is 0 Å². The van der Waals surface area contributed by atoms with Crippen molar-refractivity contribution in [1.29, 1.82) is 0 Å². The van der Waals surface area contributed by atoms with Crippen LogP contribution in [0, 0.1) is 0 Å². The van der Waals surface area contributed by atoms with Gasteiger partial charge >= 0.3 is 0 Å². The standard InChI is InChI=1S/C13H19BrOSi/c1-10(16(2,3)4)9-13(15)11-7-5-6-8-12(11)14/h5-8,13,15H,1,9H2,2-4H3. The summed E-state index contributed by atoms with van der Waals surface area (Å²) in [7, 11) is -1.34. The Bertz CT molecular complexity index is 382. The minimum atomic E-state index is -1.34. The third kappa shape index (κ3) is 3.58. The van der Waals surface area contributed by atoms with Crippen molar-refractivity contribution < 1.29 is 5.11 Å². The van der Waals surface area contributed by atoms with Gasteiger partial charge in [0.05, 0.1) is 14.2 Å². The Morgan fingerprint density at radius 3 is 2.44 bits per heavy atom. The molecule has 0 aliphatic carbocycles. The van der Waals surface area contributed by atoms with Crippen LogP contribution in [0.25, 0.3) is 0 Å². The van der Waals surface area contributed by atoms with Gasteiger partial charge in [-0.2, -0.15) is 0 Å². The van der Waals surface area contributed by atoms with E-state index in [0.29, 0.717) is 6.42 Å². The number of aliphatic hydroxyl groups excluding tert-OH is 1. The number of hydrogen-bond donors (Lipinski definition) is 1. The van der Waals surface area contributed by atoms with Gasteiger partial charge in [0.15, 0.2) is 0 Å². The van der Waals surface area contributed by atoms with Crippen molar-refractivity contribution in [3.05, 3.63) is 46.1 Å². The molecular formula is C13H19BrOSi. The largest absolute Gasteiger partial charge is 0.388 e. The summed E-state index contributed by atoms with van der Waals surface area (Å²) >= 11 is 3.46. The second kappa shape index (κ2) is 5.30. The van der Waals surface area contributed by atoms with Gasteiger partial charge in [-0.3, -0.25) is 0 Å². The number of aliphatic hydroxyl groups is 1. The molecule has 0 radical (unpaired) electrons. The van der Waals surface area contributed by atoms with Gasteiger partial charge in [0.1, 0.15) is 0 Å². The van der Waals surface area contributed by atoms with Crippen LogP contribution >= 0.6 is 15.9 Å². The molecule has 0 aliphatic rings. The third-order valence-electron chi connectivity index (χ3n) is 2.76. The molecule has 0 aliphatic heterocycles. The van der Waals surface area contributed by atoms with Gasteiger partial charge in [-0.15, -0.1) is 6.58 Å². The van der Waals surface area contributed by atoms with Crippen molar-refractivity contribution in [2.24, 2.45) is 0 Å². The van der Waals surface area contributed by atoms with Crippen LogP contribution in [-0.2, 0) is 0 Å². The lowest BCUT2D eigenvalue weighted by molar-refractivity contribution is 0.179. The number of halogens is 1. The molecular weight excluding hydrogens is 280 g/mol. The van der Waals surface area contributed by atoms with E-state index in [1.807, 2.05) is 24.3 Å². The summed E-state index contributed by atoms with van der Waals surface area (Å²) in [6.07, 6.45) is 0.216. The highest BCUT2D eigenvalue weighted by Crippen LogP contribution is 2.29. The molecule has 0 saturated carbocycles. The lowest BCUT2D eigenvalue weighted by Gasteiger charge is -2.22. The SMILES string of the molecule is C=C(CC(O)c1ccccc1Br)[Si](C)(C)C. The fourth-order valence-corrected chi connectivity index (χ4v) is 2.75. The summed E-state index contributed by atoms with van der Waals surface area (Å²) in [5.74, 6) is 0. The Hall–Kier alpha value is -0.383. The van der Waals surface area contributed by atoms with Crippen LogP contribution in [0.2, 0.25) is 19.6 Å². The highest BCUT2D eigenvalue weighted by molar-refractivity contribution is 9.10. The molecule has 1 aromatic rings. The predicted molar refractivity (Wildman–Crippen MR) is 76.2 cm³/mol. The third-order valence-corrected chi connectivity index (χ3v) is 5.81. The Balaban J connectivity index is 2.78. The Morgan fingerprint density at radius 2 is 1.94 bits per heavy atom. The van der Waals surface area contributed by atoms with E-state index in [1.165, 1.54) is 5.20 Å². The zero-order chi connectivity index (χ0) is 12.3. The lowest BCUT2D eigenvalue weighted by atomic mass is 10.1. The maximum atomic E-state index is 10.2. The van der Waals surface area contributed by atoms with Crippen molar-refractivity contribution in [3.8, 4) is 0 Å². The molecule has 1 atom stereocenters. The van der Waals surface area contributed by atoms with E-state index in [9.17, 15) is 5.11 Å². The minimum absolute atomic E-state index is 0.449. The summed E-state index contributed by atoms with van der Waals surface area (Å²) in [5.41, 5.74) is 0.946. The van der Waals surface area contributed by atoms with Gasteiger partial charge in [-0.25, -0.2) is 0 Å². The second-order valence-electron chi connectivity index (χ2n) is 5.09. The second-order valence-corrected chi connectivity index (χ2v) is 11.2. The monoisotopic (exact) mass is 298 g/mol. The van der Waals surface area contributed by atoms with Crippen molar-refractivity contribution in [3.63, 3.8) is 0 Å². The number of benzene rings is 1. The van der Waals surface area contributed by atoms with E-state index < -0.39 is 14.2 Å². The van der Waals surface area contributed by atoms with Gasteiger partial charge in [-0.1, -0.05) is 59.0 Å².